The van der Waals surface area contributed by atoms with Gasteiger partial charge in [0.1, 0.15) is 5.75 Å². The number of piperidine rings is 1. The number of rotatable bonds is 2. The zero-order valence-corrected chi connectivity index (χ0v) is 9.85. The lowest BCUT2D eigenvalue weighted by Gasteiger charge is -2.24. The SMILES string of the molecule is COc1cccc([C@@H]2CCCCN2)c1.Cl. The minimum atomic E-state index is 0. The van der Waals surface area contributed by atoms with E-state index in [-0.39, 0.29) is 12.4 Å². The van der Waals surface area contributed by atoms with E-state index in [4.69, 9.17) is 4.74 Å². The second kappa shape index (κ2) is 5.99. The average molecular weight is 228 g/mol. The lowest BCUT2D eigenvalue weighted by Crippen LogP contribution is -2.26. The molecule has 3 heteroatoms. The Hall–Kier alpha value is -0.730. The quantitative estimate of drug-likeness (QED) is 0.839. The van der Waals surface area contributed by atoms with Gasteiger partial charge in [-0.15, -0.1) is 12.4 Å². The van der Waals surface area contributed by atoms with Gasteiger partial charge in [0.05, 0.1) is 7.11 Å². The maximum absolute atomic E-state index is 5.22. The molecule has 1 saturated heterocycles. The van der Waals surface area contributed by atoms with E-state index in [1.54, 1.807) is 7.11 Å². The van der Waals surface area contributed by atoms with Crippen LogP contribution in [-0.2, 0) is 0 Å². The first kappa shape index (κ1) is 12.3. The van der Waals surface area contributed by atoms with Crippen molar-refractivity contribution in [3.63, 3.8) is 0 Å². The largest absolute Gasteiger partial charge is 0.497 e. The van der Waals surface area contributed by atoms with Crippen LogP contribution in [0.2, 0.25) is 0 Å². The first-order chi connectivity index (χ1) is 6.90. The number of hydrogen-bond acceptors (Lipinski definition) is 2. The molecule has 0 amide bonds. The Labute approximate surface area is 97.4 Å². The monoisotopic (exact) mass is 227 g/mol. The van der Waals surface area contributed by atoms with E-state index in [0.717, 1.165) is 12.3 Å². The molecule has 0 radical (unpaired) electrons. The summed E-state index contributed by atoms with van der Waals surface area (Å²) in [6, 6.07) is 8.88. The van der Waals surface area contributed by atoms with Crippen LogP contribution < -0.4 is 10.1 Å². The van der Waals surface area contributed by atoms with Crippen LogP contribution in [0.1, 0.15) is 30.9 Å². The molecule has 2 nitrogen and oxygen atoms in total. The van der Waals surface area contributed by atoms with E-state index in [9.17, 15) is 0 Å². The molecule has 0 aliphatic carbocycles. The fourth-order valence-electron chi connectivity index (χ4n) is 1.99. The van der Waals surface area contributed by atoms with Gasteiger partial charge in [0.25, 0.3) is 0 Å². The van der Waals surface area contributed by atoms with Crippen molar-refractivity contribution in [2.75, 3.05) is 13.7 Å². The summed E-state index contributed by atoms with van der Waals surface area (Å²) in [5.41, 5.74) is 1.35. The highest BCUT2D eigenvalue weighted by Gasteiger charge is 2.14. The Kier molecular flexibility index (Phi) is 4.92. The third-order valence-corrected chi connectivity index (χ3v) is 2.81. The number of halogens is 1. The molecule has 0 unspecified atom stereocenters. The summed E-state index contributed by atoms with van der Waals surface area (Å²) in [4.78, 5) is 0. The number of ether oxygens (including phenoxy) is 1. The van der Waals surface area contributed by atoms with Gasteiger partial charge >= 0.3 is 0 Å². The lowest BCUT2D eigenvalue weighted by atomic mass is 9.97. The van der Waals surface area contributed by atoms with Crippen LogP contribution in [0.15, 0.2) is 24.3 Å². The molecule has 0 aromatic heterocycles. The maximum atomic E-state index is 5.22. The predicted molar refractivity (Wildman–Crippen MR) is 64.8 cm³/mol. The molecule has 0 bridgehead atoms. The Balaban J connectivity index is 0.00000112. The van der Waals surface area contributed by atoms with Crippen LogP contribution in [0.25, 0.3) is 0 Å². The van der Waals surface area contributed by atoms with Gasteiger partial charge in [-0.3, -0.25) is 0 Å². The minimum Gasteiger partial charge on any atom is -0.497 e. The summed E-state index contributed by atoms with van der Waals surface area (Å²) in [5, 5.41) is 3.53. The zero-order valence-electron chi connectivity index (χ0n) is 9.03. The maximum Gasteiger partial charge on any atom is 0.119 e. The molecule has 1 aromatic carbocycles. The van der Waals surface area contributed by atoms with Gasteiger partial charge in [-0.05, 0) is 37.1 Å². The second-order valence-electron chi connectivity index (χ2n) is 3.78. The Morgan fingerprint density at radius 2 is 2.20 bits per heavy atom. The number of nitrogens with one attached hydrogen (secondary N) is 1. The number of benzene rings is 1. The molecular formula is C12H18ClNO. The van der Waals surface area contributed by atoms with Crippen LogP contribution in [0.5, 0.6) is 5.75 Å². The summed E-state index contributed by atoms with van der Waals surface area (Å²) >= 11 is 0. The topological polar surface area (TPSA) is 21.3 Å². The fraction of sp³-hybridized carbons (Fsp3) is 0.500. The summed E-state index contributed by atoms with van der Waals surface area (Å²) in [7, 11) is 1.72. The van der Waals surface area contributed by atoms with E-state index in [1.165, 1.54) is 24.8 Å². The van der Waals surface area contributed by atoms with Crippen molar-refractivity contribution in [2.45, 2.75) is 25.3 Å². The molecule has 1 heterocycles. The Morgan fingerprint density at radius 3 is 2.87 bits per heavy atom. The van der Waals surface area contributed by atoms with Gasteiger partial charge in [-0.1, -0.05) is 18.6 Å². The zero-order chi connectivity index (χ0) is 9.80. The van der Waals surface area contributed by atoms with Crippen molar-refractivity contribution < 1.29 is 4.74 Å². The van der Waals surface area contributed by atoms with E-state index in [0.29, 0.717) is 6.04 Å². The van der Waals surface area contributed by atoms with Gasteiger partial charge < -0.3 is 10.1 Å². The third kappa shape index (κ3) is 3.11. The van der Waals surface area contributed by atoms with E-state index in [2.05, 4.69) is 23.5 Å². The van der Waals surface area contributed by atoms with E-state index in [1.807, 2.05) is 6.07 Å². The first-order valence-electron chi connectivity index (χ1n) is 5.27. The molecule has 1 fully saturated rings. The van der Waals surface area contributed by atoms with Crippen molar-refractivity contribution in [3.8, 4) is 5.75 Å². The van der Waals surface area contributed by atoms with Crippen LogP contribution in [0.3, 0.4) is 0 Å². The van der Waals surface area contributed by atoms with E-state index < -0.39 is 0 Å². The molecule has 84 valence electrons. The fourth-order valence-corrected chi connectivity index (χ4v) is 1.99. The highest BCUT2D eigenvalue weighted by Crippen LogP contribution is 2.25. The lowest BCUT2D eigenvalue weighted by molar-refractivity contribution is 0.400. The normalized spacial score (nSPS) is 20.5. The van der Waals surface area contributed by atoms with Gasteiger partial charge in [-0.2, -0.15) is 0 Å². The summed E-state index contributed by atoms with van der Waals surface area (Å²) in [5.74, 6) is 0.954. The van der Waals surface area contributed by atoms with Crippen LogP contribution in [-0.4, -0.2) is 13.7 Å². The molecule has 0 saturated carbocycles. The summed E-state index contributed by atoms with van der Waals surface area (Å²) < 4.78 is 5.22. The van der Waals surface area contributed by atoms with Crippen molar-refractivity contribution in [3.05, 3.63) is 29.8 Å². The summed E-state index contributed by atoms with van der Waals surface area (Å²) in [6.07, 6.45) is 3.88. The Morgan fingerprint density at radius 1 is 1.33 bits per heavy atom. The highest BCUT2D eigenvalue weighted by atomic mass is 35.5. The molecule has 1 N–H and O–H groups in total. The average Bonchev–Trinajstić information content (AvgIpc) is 2.30. The molecule has 1 aromatic rings. The first-order valence-corrected chi connectivity index (χ1v) is 5.27. The molecular weight excluding hydrogens is 210 g/mol. The van der Waals surface area contributed by atoms with Crippen molar-refractivity contribution in [1.29, 1.82) is 0 Å². The van der Waals surface area contributed by atoms with Gasteiger partial charge in [0.15, 0.2) is 0 Å². The van der Waals surface area contributed by atoms with Crippen LogP contribution in [0.4, 0.5) is 0 Å². The Bertz CT molecular complexity index is 297. The molecule has 15 heavy (non-hydrogen) atoms. The van der Waals surface area contributed by atoms with Gasteiger partial charge in [0.2, 0.25) is 0 Å². The third-order valence-electron chi connectivity index (χ3n) is 2.81. The predicted octanol–water partition coefficient (Wildman–Crippen LogP) is 2.93. The highest BCUT2D eigenvalue weighted by molar-refractivity contribution is 5.85. The second-order valence-corrected chi connectivity index (χ2v) is 3.78. The molecule has 0 spiro atoms. The standard InChI is InChI=1S/C12H17NO.ClH/c1-14-11-6-4-5-10(9-11)12-7-2-3-8-13-12;/h4-6,9,12-13H,2-3,7-8H2,1H3;1H/t12-;/m0./s1. The van der Waals surface area contributed by atoms with Crippen LogP contribution >= 0.6 is 12.4 Å². The molecule has 1 aliphatic heterocycles. The van der Waals surface area contributed by atoms with Crippen molar-refractivity contribution in [1.82, 2.24) is 5.32 Å². The molecule has 2 rings (SSSR count). The van der Waals surface area contributed by atoms with Crippen molar-refractivity contribution >= 4 is 12.4 Å². The van der Waals surface area contributed by atoms with E-state index >= 15 is 0 Å². The van der Waals surface area contributed by atoms with Crippen LogP contribution in [0, 0.1) is 0 Å². The van der Waals surface area contributed by atoms with Gasteiger partial charge in [0, 0.05) is 6.04 Å². The number of methoxy groups -OCH3 is 1. The molecule has 1 aliphatic rings. The molecule has 1 atom stereocenters. The van der Waals surface area contributed by atoms with Gasteiger partial charge in [-0.25, -0.2) is 0 Å². The minimum absolute atomic E-state index is 0. The number of hydrogen-bond donors (Lipinski definition) is 1. The smallest absolute Gasteiger partial charge is 0.119 e. The summed E-state index contributed by atoms with van der Waals surface area (Å²) in [6.45, 7) is 1.14. The van der Waals surface area contributed by atoms with Crippen molar-refractivity contribution in [2.24, 2.45) is 0 Å².